The number of hydrogen-bond donors (Lipinski definition) is 3. The molecule has 0 amide bonds. The minimum absolute atomic E-state index is 0.0407. The van der Waals surface area contributed by atoms with Gasteiger partial charge in [0.15, 0.2) is 0 Å². The predicted molar refractivity (Wildman–Crippen MR) is 150 cm³/mol. The topological polar surface area (TPSA) is 68.5 Å². The van der Waals surface area contributed by atoms with Gasteiger partial charge in [0, 0.05) is 36.6 Å². The summed E-state index contributed by atoms with van der Waals surface area (Å²) in [5.41, 5.74) is 9.18. The van der Waals surface area contributed by atoms with Crippen molar-refractivity contribution >= 4 is 0 Å². The van der Waals surface area contributed by atoms with Crippen molar-refractivity contribution in [3.8, 4) is 0 Å². The smallest absolute Gasteiger partial charge is 0.0717 e. The normalized spacial score (nSPS) is 26.6. The lowest BCUT2D eigenvalue weighted by Crippen LogP contribution is -2.41. The van der Waals surface area contributed by atoms with Crippen molar-refractivity contribution < 1.29 is 9.47 Å². The van der Waals surface area contributed by atoms with Gasteiger partial charge in [-0.3, -0.25) is 0 Å². The molecule has 0 aliphatic heterocycles. The lowest BCUT2D eigenvalue weighted by atomic mass is 10.1. The van der Waals surface area contributed by atoms with E-state index in [1.54, 1.807) is 0 Å². The van der Waals surface area contributed by atoms with Gasteiger partial charge in [0.2, 0.25) is 0 Å². The second-order valence-corrected chi connectivity index (χ2v) is 11.8. The maximum atomic E-state index is 6.28. The highest BCUT2D eigenvalue weighted by atomic mass is 16.5. The van der Waals surface area contributed by atoms with E-state index in [1.165, 1.54) is 17.5 Å². The molecule has 4 N–H and O–H groups in total. The van der Waals surface area contributed by atoms with E-state index in [4.69, 9.17) is 15.2 Å². The summed E-state index contributed by atoms with van der Waals surface area (Å²) in [6.07, 6.45) is 2.36. The molecule has 2 fully saturated rings. The zero-order valence-corrected chi connectivity index (χ0v) is 23.1. The summed E-state index contributed by atoms with van der Waals surface area (Å²) in [5, 5.41) is 6.94. The van der Waals surface area contributed by atoms with Gasteiger partial charge in [0.1, 0.15) is 0 Å². The molecule has 0 aromatic heterocycles. The van der Waals surface area contributed by atoms with E-state index in [9.17, 15) is 0 Å². The fourth-order valence-corrected chi connectivity index (χ4v) is 4.44. The summed E-state index contributed by atoms with van der Waals surface area (Å²) in [6.45, 7) is 16.2. The molecule has 0 heterocycles. The van der Waals surface area contributed by atoms with E-state index < -0.39 is 0 Å². The van der Waals surface area contributed by atoms with E-state index in [0.29, 0.717) is 30.0 Å². The maximum Gasteiger partial charge on any atom is 0.0717 e. The second-order valence-electron chi connectivity index (χ2n) is 11.8. The fourth-order valence-electron chi connectivity index (χ4n) is 4.44. The largest absolute Gasteiger partial charge is 0.376 e. The van der Waals surface area contributed by atoms with Crippen LogP contribution in [0.1, 0.15) is 58.6 Å². The van der Waals surface area contributed by atoms with Crippen molar-refractivity contribution in [2.24, 2.45) is 23.0 Å². The van der Waals surface area contributed by atoms with Gasteiger partial charge in [-0.25, -0.2) is 0 Å². The third-order valence-corrected chi connectivity index (χ3v) is 7.43. The highest BCUT2D eigenvalue weighted by molar-refractivity contribution is 5.14. The Labute approximate surface area is 219 Å². The zero-order chi connectivity index (χ0) is 26.0. The summed E-state index contributed by atoms with van der Waals surface area (Å²) >= 11 is 0. The summed E-state index contributed by atoms with van der Waals surface area (Å²) < 4.78 is 11.6. The molecule has 4 atom stereocenters. The first-order valence-corrected chi connectivity index (χ1v) is 13.7. The van der Waals surface area contributed by atoms with Crippen LogP contribution in [-0.4, -0.2) is 43.9 Å². The van der Waals surface area contributed by atoms with Crippen molar-refractivity contribution in [2.45, 2.75) is 78.3 Å². The number of benzene rings is 2. The Morgan fingerprint density at radius 2 is 1.22 bits per heavy atom. The third-order valence-electron chi connectivity index (χ3n) is 7.43. The van der Waals surface area contributed by atoms with Gasteiger partial charge in [-0.15, -0.1) is 0 Å². The molecule has 0 spiro atoms. The molecule has 2 saturated carbocycles. The Hall–Kier alpha value is -1.76. The molecule has 2 aliphatic carbocycles. The molecule has 2 aliphatic rings. The Bertz CT molecular complexity index is 802. The minimum Gasteiger partial charge on any atom is -0.376 e. The Morgan fingerprint density at radius 1 is 0.750 bits per heavy atom. The molecule has 0 unspecified atom stereocenters. The van der Waals surface area contributed by atoms with Crippen molar-refractivity contribution in [1.29, 1.82) is 0 Å². The Kier molecular flexibility index (Phi) is 11.0. The highest BCUT2D eigenvalue weighted by Crippen LogP contribution is 2.51. The van der Waals surface area contributed by atoms with Gasteiger partial charge in [-0.1, -0.05) is 95.3 Å². The van der Waals surface area contributed by atoms with Crippen LogP contribution in [0.4, 0.5) is 0 Å². The first-order chi connectivity index (χ1) is 17.2. The molecule has 200 valence electrons. The molecule has 36 heavy (non-hydrogen) atoms. The number of hydrogen-bond acceptors (Lipinski definition) is 5. The lowest BCUT2D eigenvalue weighted by molar-refractivity contribution is 0.102. The molecule has 0 saturated heterocycles. The predicted octanol–water partition coefficient (Wildman–Crippen LogP) is 5.15. The monoisotopic (exact) mass is 495 g/mol. The molecule has 0 radical (unpaired) electrons. The molecule has 2 aromatic carbocycles. The van der Waals surface area contributed by atoms with E-state index in [0.717, 1.165) is 45.2 Å². The molecule has 5 heteroatoms. The van der Waals surface area contributed by atoms with Crippen LogP contribution in [0.25, 0.3) is 0 Å². The van der Waals surface area contributed by atoms with Crippen LogP contribution < -0.4 is 16.4 Å². The van der Waals surface area contributed by atoms with Crippen LogP contribution in [0, 0.1) is 17.3 Å². The van der Waals surface area contributed by atoms with Crippen molar-refractivity contribution in [3.05, 3.63) is 71.8 Å². The number of nitrogens with one attached hydrogen (secondary N) is 2. The summed E-state index contributed by atoms with van der Waals surface area (Å²) in [7, 11) is 0. The summed E-state index contributed by atoms with van der Waals surface area (Å²) in [5.74, 6) is 1.24. The van der Waals surface area contributed by atoms with Crippen molar-refractivity contribution in [2.75, 3.05) is 26.3 Å². The van der Waals surface area contributed by atoms with Crippen molar-refractivity contribution in [3.63, 3.8) is 0 Å². The molecule has 2 aromatic rings. The molecule has 5 nitrogen and oxygen atoms in total. The summed E-state index contributed by atoms with van der Waals surface area (Å²) in [4.78, 5) is 0. The molecular formula is C31H49N3O2. The van der Waals surface area contributed by atoms with Crippen LogP contribution in [0.3, 0.4) is 0 Å². The number of ether oxygens (including phenoxy) is 2. The van der Waals surface area contributed by atoms with E-state index >= 15 is 0 Å². The van der Waals surface area contributed by atoms with Crippen LogP contribution in [0.5, 0.6) is 0 Å². The maximum absolute atomic E-state index is 6.28. The minimum atomic E-state index is -0.0407. The Balaban J connectivity index is 0.000000201. The quantitative estimate of drug-likeness (QED) is 0.338. The fraction of sp³-hybridized carbons (Fsp3) is 0.613. The molecule has 4 rings (SSSR count). The number of rotatable bonds is 14. The van der Waals surface area contributed by atoms with Crippen LogP contribution >= 0.6 is 0 Å². The van der Waals surface area contributed by atoms with Crippen LogP contribution in [0.2, 0.25) is 0 Å². The summed E-state index contributed by atoms with van der Waals surface area (Å²) in [6, 6.07) is 21.7. The average Bonchev–Trinajstić information content (AvgIpc) is 3.73. The lowest BCUT2D eigenvalue weighted by Gasteiger charge is -2.15. The third kappa shape index (κ3) is 9.95. The van der Waals surface area contributed by atoms with E-state index in [-0.39, 0.29) is 5.54 Å². The van der Waals surface area contributed by atoms with E-state index in [2.05, 4.69) is 81.7 Å². The van der Waals surface area contributed by atoms with Gasteiger partial charge in [0.25, 0.3) is 0 Å². The van der Waals surface area contributed by atoms with E-state index in [1.807, 2.05) is 24.3 Å². The van der Waals surface area contributed by atoms with Gasteiger partial charge in [-0.05, 0) is 35.3 Å². The highest BCUT2D eigenvalue weighted by Gasteiger charge is 2.50. The van der Waals surface area contributed by atoms with Gasteiger partial charge < -0.3 is 25.8 Å². The first kappa shape index (κ1) is 28.8. The second kappa shape index (κ2) is 13.7. The van der Waals surface area contributed by atoms with Crippen molar-refractivity contribution in [1.82, 2.24) is 10.6 Å². The standard InChI is InChI=1S/C16H25NO.C15H24N2O/c1-13(2)17-12-16(3)9-15(16)11-18-10-14-7-5-4-6-8-14;1-12(2)17-11-15(16)8-14(15)10-18-9-13-6-4-3-5-7-13/h4-8,13,15,17H,9-12H2,1-3H3;3-7,12,14,17H,8-11,16H2,1-2H3/t15-,16-;14-,15+/m11/s1. The van der Waals surface area contributed by atoms with Crippen LogP contribution in [-0.2, 0) is 22.7 Å². The zero-order valence-electron chi connectivity index (χ0n) is 23.1. The first-order valence-electron chi connectivity index (χ1n) is 13.7. The molecular weight excluding hydrogens is 446 g/mol. The van der Waals surface area contributed by atoms with Gasteiger partial charge >= 0.3 is 0 Å². The van der Waals surface area contributed by atoms with Gasteiger partial charge in [-0.2, -0.15) is 0 Å². The number of nitrogens with two attached hydrogens (primary N) is 1. The average molecular weight is 496 g/mol. The van der Waals surface area contributed by atoms with Crippen LogP contribution in [0.15, 0.2) is 60.7 Å². The molecule has 0 bridgehead atoms. The van der Waals surface area contributed by atoms with Gasteiger partial charge in [0.05, 0.1) is 26.4 Å². The Morgan fingerprint density at radius 3 is 1.72 bits per heavy atom. The SMILES string of the molecule is CC(C)NC[C@@]1(C)C[C@@H]1COCc1ccccc1.CC(C)NC[C@@]1(N)C[C@@H]1COCc1ccccc1.